The second kappa shape index (κ2) is 3.56. The minimum atomic E-state index is 0.296. The molecule has 1 heterocycles. The summed E-state index contributed by atoms with van der Waals surface area (Å²) >= 11 is 2.05. The van der Waals surface area contributed by atoms with Gasteiger partial charge in [-0.3, -0.25) is 0 Å². The predicted molar refractivity (Wildman–Crippen MR) is 54.5 cm³/mol. The number of hydrogen-bond acceptors (Lipinski definition) is 3. The maximum atomic E-state index is 5.84. The van der Waals surface area contributed by atoms with Crippen molar-refractivity contribution in [3.8, 4) is 0 Å². The van der Waals surface area contributed by atoms with Gasteiger partial charge in [-0.15, -0.1) is 0 Å². The van der Waals surface area contributed by atoms with Gasteiger partial charge in [0, 0.05) is 23.9 Å². The third-order valence-electron chi connectivity index (χ3n) is 2.80. The first-order valence-corrected chi connectivity index (χ1v) is 6.06. The predicted octanol–water partition coefficient (Wildman–Crippen LogP) is 0.963. The summed E-state index contributed by atoms with van der Waals surface area (Å²) in [5, 5.41) is 3.71. The molecular formula is C9H18N2S. The first kappa shape index (κ1) is 8.85. The molecule has 0 amide bonds. The lowest BCUT2D eigenvalue weighted by Gasteiger charge is -2.37. The smallest absolute Gasteiger partial charge is 0.0397 e. The van der Waals surface area contributed by atoms with Crippen molar-refractivity contribution in [2.45, 2.75) is 37.3 Å². The van der Waals surface area contributed by atoms with Crippen LogP contribution >= 0.6 is 11.8 Å². The highest BCUT2D eigenvalue weighted by atomic mass is 32.2. The summed E-state index contributed by atoms with van der Waals surface area (Å²) < 4.78 is 0. The zero-order valence-electron chi connectivity index (χ0n) is 7.51. The maximum absolute atomic E-state index is 5.84. The molecule has 0 aromatic rings. The first-order valence-electron chi connectivity index (χ1n) is 4.90. The summed E-state index contributed by atoms with van der Waals surface area (Å²) in [6.07, 6.45) is 5.35. The molecule has 1 saturated carbocycles. The summed E-state index contributed by atoms with van der Waals surface area (Å²) in [6, 6.07) is 0.798. The lowest BCUT2D eigenvalue weighted by atomic mass is 9.95. The Morgan fingerprint density at radius 2 is 2.33 bits per heavy atom. The van der Waals surface area contributed by atoms with Crippen molar-refractivity contribution in [3.63, 3.8) is 0 Å². The van der Waals surface area contributed by atoms with Crippen LogP contribution in [-0.2, 0) is 0 Å². The lowest BCUT2D eigenvalue weighted by molar-refractivity contribution is 0.334. The number of nitrogens with two attached hydrogens (primary N) is 1. The Balaban J connectivity index is 1.90. The molecule has 1 saturated heterocycles. The summed E-state index contributed by atoms with van der Waals surface area (Å²) in [5.41, 5.74) is 6.13. The molecule has 2 rings (SSSR count). The van der Waals surface area contributed by atoms with Crippen LogP contribution in [0.5, 0.6) is 0 Å². The Bertz CT molecular complexity index is 151. The van der Waals surface area contributed by atoms with Gasteiger partial charge >= 0.3 is 0 Å². The van der Waals surface area contributed by atoms with Gasteiger partial charge in [0.05, 0.1) is 0 Å². The van der Waals surface area contributed by atoms with Gasteiger partial charge in [0.15, 0.2) is 0 Å². The zero-order chi connectivity index (χ0) is 8.44. The SMILES string of the molecule is NCC1(NC2CC2)CCCSC1. The Morgan fingerprint density at radius 3 is 2.83 bits per heavy atom. The van der Waals surface area contributed by atoms with Crippen molar-refractivity contribution in [2.24, 2.45) is 5.73 Å². The topological polar surface area (TPSA) is 38.0 Å². The maximum Gasteiger partial charge on any atom is 0.0397 e. The van der Waals surface area contributed by atoms with E-state index in [0.717, 1.165) is 12.6 Å². The van der Waals surface area contributed by atoms with Gasteiger partial charge in [-0.25, -0.2) is 0 Å². The Morgan fingerprint density at radius 1 is 1.50 bits per heavy atom. The van der Waals surface area contributed by atoms with Crippen molar-refractivity contribution in [1.82, 2.24) is 5.32 Å². The molecule has 70 valence electrons. The van der Waals surface area contributed by atoms with E-state index in [0.29, 0.717) is 5.54 Å². The molecule has 1 aliphatic carbocycles. The molecule has 3 heteroatoms. The molecule has 2 aliphatic rings. The van der Waals surface area contributed by atoms with E-state index in [1.54, 1.807) is 0 Å². The molecule has 0 aromatic heterocycles. The molecule has 0 spiro atoms. The van der Waals surface area contributed by atoms with Gasteiger partial charge in [0.2, 0.25) is 0 Å². The van der Waals surface area contributed by atoms with Crippen molar-refractivity contribution in [2.75, 3.05) is 18.1 Å². The number of nitrogens with one attached hydrogen (secondary N) is 1. The minimum absolute atomic E-state index is 0.296. The van der Waals surface area contributed by atoms with Crippen LogP contribution in [-0.4, -0.2) is 29.6 Å². The third-order valence-corrected chi connectivity index (χ3v) is 4.13. The molecule has 2 nitrogen and oxygen atoms in total. The Kier molecular flexibility index (Phi) is 2.63. The van der Waals surface area contributed by atoms with E-state index < -0.39 is 0 Å². The molecule has 2 fully saturated rings. The largest absolute Gasteiger partial charge is 0.329 e. The lowest BCUT2D eigenvalue weighted by Crippen LogP contribution is -2.55. The van der Waals surface area contributed by atoms with Crippen LogP contribution in [0.1, 0.15) is 25.7 Å². The van der Waals surface area contributed by atoms with Crippen molar-refractivity contribution >= 4 is 11.8 Å². The third kappa shape index (κ3) is 1.95. The van der Waals surface area contributed by atoms with E-state index in [9.17, 15) is 0 Å². The Hall–Kier alpha value is 0.270. The van der Waals surface area contributed by atoms with Crippen LogP contribution in [0.4, 0.5) is 0 Å². The minimum Gasteiger partial charge on any atom is -0.329 e. The molecular weight excluding hydrogens is 168 g/mol. The highest BCUT2D eigenvalue weighted by Crippen LogP contribution is 2.30. The molecule has 1 unspecified atom stereocenters. The van der Waals surface area contributed by atoms with Gasteiger partial charge in [-0.05, 0) is 31.4 Å². The van der Waals surface area contributed by atoms with E-state index in [4.69, 9.17) is 5.73 Å². The molecule has 0 aromatic carbocycles. The summed E-state index contributed by atoms with van der Waals surface area (Å²) in [5.74, 6) is 2.55. The van der Waals surface area contributed by atoms with Crippen molar-refractivity contribution < 1.29 is 0 Å². The number of hydrogen-bond donors (Lipinski definition) is 2. The highest BCUT2D eigenvalue weighted by molar-refractivity contribution is 7.99. The normalized spacial score (nSPS) is 36.8. The van der Waals surface area contributed by atoms with E-state index in [2.05, 4.69) is 17.1 Å². The van der Waals surface area contributed by atoms with Crippen LogP contribution in [0.2, 0.25) is 0 Å². The molecule has 3 N–H and O–H groups in total. The first-order chi connectivity index (χ1) is 5.85. The number of rotatable bonds is 3. The second-order valence-electron chi connectivity index (χ2n) is 4.06. The van der Waals surface area contributed by atoms with Gasteiger partial charge < -0.3 is 11.1 Å². The molecule has 0 radical (unpaired) electrons. The molecule has 1 aliphatic heterocycles. The molecule has 0 bridgehead atoms. The van der Waals surface area contributed by atoms with Crippen LogP contribution < -0.4 is 11.1 Å². The monoisotopic (exact) mass is 186 g/mol. The second-order valence-corrected chi connectivity index (χ2v) is 5.16. The molecule has 1 atom stereocenters. The van der Waals surface area contributed by atoms with Gasteiger partial charge in [0.1, 0.15) is 0 Å². The van der Waals surface area contributed by atoms with Crippen LogP contribution in [0.15, 0.2) is 0 Å². The fraction of sp³-hybridized carbons (Fsp3) is 1.00. The fourth-order valence-electron chi connectivity index (χ4n) is 1.85. The van der Waals surface area contributed by atoms with E-state index in [1.165, 1.54) is 37.2 Å². The van der Waals surface area contributed by atoms with Gasteiger partial charge in [0.25, 0.3) is 0 Å². The fourth-order valence-corrected chi connectivity index (χ4v) is 3.08. The summed E-state index contributed by atoms with van der Waals surface area (Å²) in [4.78, 5) is 0. The summed E-state index contributed by atoms with van der Waals surface area (Å²) in [7, 11) is 0. The average Bonchev–Trinajstić information content (AvgIpc) is 2.90. The average molecular weight is 186 g/mol. The van der Waals surface area contributed by atoms with Gasteiger partial charge in [-0.2, -0.15) is 11.8 Å². The quantitative estimate of drug-likeness (QED) is 0.689. The highest BCUT2D eigenvalue weighted by Gasteiger charge is 2.36. The Labute approximate surface area is 78.7 Å². The van der Waals surface area contributed by atoms with E-state index >= 15 is 0 Å². The van der Waals surface area contributed by atoms with Gasteiger partial charge in [-0.1, -0.05) is 0 Å². The van der Waals surface area contributed by atoms with E-state index in [-0.39, 0.29) is 0 Å². The molecule has 12 heavy (non-hydrogen) atoms. The number of thioether (sulfide) groups is 1. The zero-order valence-corrected chi connectivity index (χ0v) is 8.33. The van der Waals surface area contributed by atoms with Crippen LogP contribution in [0.3, 0.4) is 0 Å². The summed E-state index contributed by atoms with van der Waals surface area (Å²) in [6.45, 7) is 0.816. The van der Waals surface area contributed by atoms with E-state index in [1.807, 2.05) is 0 Å². The van der Waals surface area contributed by atoms with Crippen molar-refractivity contribution in [3.05, 3.63) is 0 Å². The van der Waals surface area contributed by atoms with Crippen LogP contribution in [0.25, 0.3) is 0 Å². The van der Waals surface area contributed by atoms with Crippen molar-refractivity contribution in [1.29, 1.82) is 0 Å². The standard InChI is InChI=1S/C9H18N2S/c10-6-9(11-8-2-3-8)4-1-5-12-7-9/h8,11H,1-7,10H2. The van der Waals surface area contributed by atoms with Crippen LogP contribution in [0, 0.1) is 0 Å².